The maximum Gasteiger partial charge on any atom is 0.335 e. The van der Waals surface area contributed by atoms with Gasteiger partial charge in [0.25, 0.3) is 5.91 Å². The minimum Gasteiger partial charge on any atom is -0.507 e. The van der Waals surface area contributed by atoms with E-state index in [2.05, 4.69) is 39.1 Å². The Kier molecular flexibility index (Phi) is 4.50. The lowest BCUT2D eigenvalue weighted by Crippen LogP contribution is -2.33. The average molecular weight is 367 g/mol. The molecule has 2 aromatic carbocycles. The first-order valence-electron chi connectivity index (χ1n) is 9.04. The van der Waals surface area contributed by atoms with Crippen LogP contribution in [-0.4, -0.2) is 22.1 Å². The molecule has 27 heavy (non-hydrogen) atoms. The molecule has 2 aromatic rings. The number of fused-ring (bicyclic) bond motifs is 1. The third-order valence-corrected chi connectivity index (χ3v) is 5.60. The number of nitrogens with one attached hydrogen (secondary N) is 1. The van der Waals surface area contributed by atoms with Crippen LogP contribution in [0.1, 0.15) is 72.4 Å². The molecule has 0 saturated carbocycles. The number of hydrogen-bond donors (Lipinski definition) is 3. The van der Waals surface area contributed by atoms with Gasteiger partial charge >= 0.3 is 5.97 Å². The summed E-state index contributed by atoms with van der Waals surface area (Å²) in [5.74, 6) is -1.99. The Balaban J connectivity index is 1.91. The first kappa shape index (κ1) is 19.0. The van der Waals surface area contributed by atoms with Gasteiger partial charge in [-0.3, -0.25) is 4.79 Å². The van der Waals surface area contributed by atoms with Crippen molar-refractivity contribution in [3.8, 4) is 5.75 Å². The maximum absolute atomic E-state index is 12.6. The molecule has 0 bridgehead atoms. The number of carboxylic acids is 1. The lowest BCUT2D eigenvalue weighted by atomic mass is 9.63. The predicted molar refractivity (Wildman–Crippen MR) is 105 cm³/mol. The Morgan fingerprint density at radius 1 is 0.926 bits per heavy atom. The van der Waals surface area contributed by atoms with E-state index < -0.39 is 11.9 Å². The largest absolute Gasteiger partial charge is 0.507 e. The van der Waals surface area contributed by atoms with E-state index in [0.29, 0.717) is 5.69 Å². The second kappa shape index (κ2) is 6.41. The summed E-state index contributed by atoms with van der Waals surface area (Å²) in [6.07, 6.45) is 2.18. The van der Waals surface area contributed by atoms with Gasteiger partial charge in [-0.05, 0) is 65.1 Å². The third kappa shape index (κ3) is 3.54. The number of hydrogen-bond acceptors (Lipinski definition) is 3. The van der Waals surface area contributed by atoms with Gasteiger partial charge in [0.15, 0.2) is 0 Å². The van der Waals surface area contributed by atoms with Crippen molar-refractivity contribution in [1.82, 2.24) is 0 Å². The number of anilines is 1. The lowest BCUT2D eigenvalue weighted by molar-refractivity contribution is 0.0696. The number of phenolic OH excluding ortho intramolecular Hbond substituents is 1. The highest BCUT2D eigenvalue weighted by Gasteiger charge is 2.37. The van der Waals surface area contributed by atoms with E-state index in [1.165, 1.54) is 23.3 Å². The number of aromatic carboxylic acids is 1. The van der Waals surface area contributed by atoms with Crippen molar-refractivity contribution < 1.29 is 19.8 Å². The topological polar surface area (TPSA) is 86.6 Å². The van der Waals surface area contributed by atoms with Gasteiger partial charge in [0.05, 0.1) is 11.1 Å². The highest BCUT2D eigenvalue weighted by Crippen LogP contribution is 2.46. The number of phenols is 1. The van der Waals surface area contributed by atoms with Crippen molar-refractivity contribution in [3.63, 3.8) is 0 Å². The number of benzene rings is 2. The van der Waals surface area contributed by atoms with Crippen molar-refractivity contribution in [2.24, 2.45) is 0 Å². The standard InChI is InChI=1S/C22H25NO4/c1-21(2)9-10-22(3,4)17-12-14(6-8-16(17)21)23-19(25)15-7-5-13(20(26)27)11-18(15)24/h5-8,11-12,24H,9-10H2,1-4H3,(H,23,25)(H,26,27). The van der Waals surface area contributed by atoms with Crippen molar-refractivity contribution in [2.75, 3.05) is 5.32 Å². The lowest BCUT2D eigenvalue weighted by Gasteiger charge is -2.42. The molecule has 5 heteroatoms. The minimum absolute atomic E-state index is 0.0247. The Bertz CT molecular complexity index is 928. The van der Waals surface area contributed by atoms with Crippen LogP contribution in [0.5, 0.6) is 5.75 Å². The smallest absolute Gasteiger partial charge is 0.335 e. The van der Waals surface area contributed by atoms with Crippen molar-refractivity contribution in [1.29, 1.82) is 0 Å². The molecule has 1 aliphatic rings. The van der Waals surface area contributed by atoms with E-state index in [0.717, 1.165) is 18.9 Å². The fraction of sp³-hybridized carbons (Fsp3) is 0.364. The van der Waals surface area contributed by atoms with Gasteiger partial charge in [0.1, 0.15) is 5.75 Å². The molecule has 0 saturated heterocycles. The molecule has 0 fully saturated rings. The second-order valence-corrected chi connectivity index (χ2v) is 8.52. The third-order valence-electron chi connectivity index (χ3n) is 5.60. The molecule has 0 atom stereocenters. The van der Waals surface area contributed by atoms with Crippen LogP contribution in [0.4, 0.5) is 5.69 Å². The quantitative estimate of drug-likeness (QED) is 0.734. The van der Waals surface area contributed by atoms with Crippen molar-refractivity contribution >= 4 is 17.6 Å². The molecule has 3 rings (SSSR count). The van der Waals surface area contributed by atoms with Crippen LogP contribution in [-0.2, 0) is 10.8 Å². The van der Waals surface area contributed by atoms with E-state index in [1.54, 1.807) is 0 Å². The van der Waals surface area contributed by atoms with E-state index in [-0.39, 0.29) is 27.7 Å². The molecule has 5 nitrogen and oxygen atoms in total. The van der Waals surface area contributed by atoms with Gasteiger partial charge in [0, 0.05) is 5.69 Å². The summed E-state index contributed by atoms with van der Waals surface area (Å²) in [6.45, 7) is 8.90. The average Bonchev–Trinajstić information content (AvgIpc) is 2.58. The van der Waals surface area contributed by atoms with Gasteiger partial charge in [-0.2, -0.15) is 0 Å². The van der Waals surface area contributed by atoms with Gasteiger partial charge in [-0.25, -0.2) is 4.79 Å². The molecule has 0 spiro atoms. The number of amides is 1. The summed E-state index contributed by atoms with van der Waals surface area (Å²) >= 11 is 0. The minimum atomic E-state index is -1.16. The first-order chi connectivity index (χ1) is 12.5. The van der Waals surface area contributed by atoms with E-state index in [4.69, 9.17) is 5.11 Å². The first-order valence-corrected chi connectivity index (χ1v) is 9.04. The summed E-state index contributed by atoms with van der Waals surface area (Å²) in [6, 6.07) is 9.66. The molecule has 3 N–H and O–H groups in total. The van der Waals surface area contributed by atoms with Gasteiger partial charge in [-0.1, -0.05) is 33.8 Å². The van der Waals surface area contributed by atoms with Crippen molar-refractivity contribution in [3.05, 3.63) is 58.7 Å². The molecule has 0 radical (unpaired) electrons. The van der Waals surface area contributed by atoms with E-state index in [9.17, 15) is 14.7 Å². The Hall–Kier alpha value is -2.82. The molecule has 0 aliphatic heterocycles. The number of rotatable bonds is 3. The zero-order valence-corrected chi connectivity index (χ0v) is 16.1. The summed E-state index contributed by atoms with van der Waals surface area (Å²) in [5.41, 5.74) is 3.27. The van der Waals surface area contributed by atoms with Crippen LogP contribution >= 0.6 is 0 Å². The molecule has 142 valence electrons. The Labute approximate surface area is 159 Å². The molecule has 1 amide bonds. The zero-order chi connectivity index (χ0) is 20.0. The SMILES string of the molecule is CC1(C)CCC(C)(C)c2cc(NC(=O)c3ccc(C(=O)O)cc3O)ccc21. The predicted octanol–water partition coefficient (Wildman–Crippen LogP) is 4.69. The van der Waals surface area contributed by atoms with Gasteiger partial charge in [0.2, 0.25) is 0 Å². The maximum atomic E-state index is 12.6. The normalized spacial score (nSPS) is 17.0. The highest BCUT2D eigenvalue weighted by atomic mass is 16.4. The summed E-state index contributed by atoms with van der Waals surface area (Å²) < 4.78 is 0. The van der Waals surface area contributed by atoms with Crippen LogP contribution in [0.3, 0.4) is 0 Å². The molecule has 1 aliphatic carbocycles. The molecule has 0 unspecified atom stereocenters. The van der Waals surface area contributed by atoms with E-state index >= 15 is 0 Å². The Morgan fingerprint density at radius 2 is 1.56 bits per heavy atom. The van der Waals surface area contributed by atoms with Crippen LogP contribution < -0.4 is 5.32 Å². The molecular formula is C22H25NO4. The van der Waals surface area contributed by atoms with Gasteiger partial charge < -0.3 is 15.5 Å². The zero-order valence-electron chi connectivity index (χ0n) is 16.1. The fourth-order valence-electron chi connectivity index (χ4n) is 3.72. The summed E-state index contributed by atoms with van der Waals surface area (Å²) in [7, 11) is 0. The fourth-order valence-corrected chi connectivity index (χ4v) is 3.72. The number of carbonyl (C=O) groups is 2. The number of carboxylic acid groups (broad SMARTS) is 1. The van der Waals surface area contributed by atoms with E-state index in [1.807, 2.05) is 12.1 Å². The molecule has 0 heterocycles. The monoisotopic (exact) mass is 367 g/mol. The van der Waals surface area contributed by atoms with Gasteiger partial charge in [-0.15, -0.1) is 0 Å². The number of aromatic hydroxyl groups is 1. The number of carbonyl (C=O) groups excluding carboxylic acids is 1. The highest BCUT2D eigenvalue weighted by molar-refractivity contribution is 6.06. The molecule has 0 aromatic heterocycles. The summed E-state index contributed by atoms with van der Waals surface area (Å²) in [4.78, 5) is 23.5. The van der Waals surface area contributed by atoms with Crippen LogP contribution in [0, 0.1) is 0 Å². The second-order valence-electron chi connectivity index (χ2n) is 8.52. The summed E-state index contributed by atoms with van der Waals surface area (Å²) in [5, 5.41) is 21.8. The molecular weight excluding hydrogens is 342 g/mol. The van der Waals surface area contributed by atoms with Crippen molar-refractivity contribution in [2.45, 2.75) is 51.4 Å². The Morgan fingerprint density at radius 3 is 2.15 bits per heavy atom. The van der Waals surface area contributed by atoms with Crippen LogP contribution in [0.25, 0.3) is 0 Å². The van der Waals surface area contributed by atoms with Crippen LogP contribution in [0.2, 0.25) is 0 Å². The van der Waals surface area contributed by atoms with Crippen LogP contribution in [0.15, 0.2) is 36.4 Å².